The van der Waals surface area contributed by atoms with Gasteiger partial charge in [-0.3, -0.25) is 14.7 Å². The average Bonchev–Trinajstić information content (AvgIpc) is 3.08. The van der Waals surface area contributed by atoms with E-state index in [-0.39, 0.29) is 6.17 Å². The van der Waals surface area contributed by atoms with E-state index in [2.05, 4.69) is 11.0 Å². The van der Waals surface area contributed by atoms with Crippen LogP contribution in [-0.2, 0) is 16.2 Å². The number of β-amino-alcohol motifs (C(OH)–C–C–N with tert-alkyl or cyclic N) is 1. The molecule has 1 aromatic rings. The van der Waals surface area contributed by atoms with Crippen molar-refractivity contribution in [2.24, 2.45) is 10.7 Å². The molecule has 0 saturated carbocycles. The lowest BCUT2D eigenvalue weighted by Gasteiger charge is -2.49. The third-order valence-electron chi connectivity index (χ3n) is 6.09. The normalized spacial score (nSPS) is 24.5. The molecule has 0 saturated heterocycles. The van der Waals surface area contributed by atoms with Gasteiger partial charge < -0.3 is 15.6 Å². The van der Waals surface area contributed by atoms with Gasteiger partial charge >= 0.3 is 0 Å². The Morgan fingerprint density at radius 2 is 2.18 bits per heavy atom. The zero-order valence-electron chi connectivity index (χ0n) is 19.4. The molecule has 1 spiro atoms. The van der Waals surface area contributed by atoms with Crippen LogP contribution in [0.25, 0.3) is 0 Å². The molecule has 2 unspecified atom stereocenters. The van der Waals surface area contributed by atoms with E-state index in [9.17, 15) is 10.4 Å². The summed E-state index contributed by atoms with van der Waals surface area (Å²) < 4.78 is 5.33. The van der Waals surface area contributed by atoms with Crippen LogP contribution in [0.5, 0.6) is 0 Å². The summed E-state index contributed by atoms with van der Waals surface area (Å²) >= 11 is 0. The molecule has 0 amide bonds. The predicted molar refractivity (Wildman–Crippen MR) is 125 cm³/mol. The van der Waals surface area contributed by atoms with Crippen LogP contribution in [0.2, 0.25) is 0 Å². The van der Waals surface area contributed by atoms with Gasteiger partial charge in [0.25, 0.3) is 0 Å². The van der Waals surface area contributed by atoms with E-state index in [1.54, 1.807) is 32.1 Å². The van der Waals surface area contributed by atoms with Crippen molar-refractivity contribution >= 4 is 5.71 Å². The van der Waals surface area contributed by atoms with Crippen molar-refractivity contribution < 1.29 is 14.7 Å². The molecule has 0 aromatic heterocycles. The van der Waals surface area contributed by atoms with Crippen molar-refractivity contribution in [2.75, 3.05) is 20.3 Å². The predicted octanol–water partition coefficient (Wildman–Crippen LogP) is 2.58. The molecule has 0 fully saturated rings. The molecule has 174 valence electrons. The number of allylic oxidation sites excluding steroid dienone is 2. The third kappa shape index (κ3) is 4.45. The van der Waals surface area contributed by atoms with Crippen LogP contribution in [0.4, 0.5) is 0 Å². The number of nitrogens with two attached hydrogens (primary N) is 1. The van der Waals surface area contributed by atoms with Crippen LogP contribution in [0, 0.1) is 11.3 Å². The number of nitriles is 1. The number of methoxy groups -OCH3 is 1. The lowest BCUT2D eigenvalue weighted by molar-refractivity contribution is -0.125. The molecule has 1 aromatic carbocycles. The number of nitrogens with zero attached hydrogens (tertiary/aromatic N) is 4. The summed E-state index contributed by atoms with van der Waals surface area (Å²) in [4.78, 5) is 13.4. The maximum absolute atomic E-state index is 10.8. The molecule has 4 rings (SSSR count). The standard InChI is InChI=1S/C25H31N5O3/c1-24(2,31)17-29-22(10-13-32-3)28-23-20(27)8-9-21-25(23,29)11-5-12-30(21)33-16-19-7-4-6-18(14-19)15-26/h4-9,12,14,22,31H,10-11,13,16-17,27H2,1-3H3. The van der Waals surface area contributed by atoms with Gasteiger partial charge in [-0.2, -0.15) is 5.26 Å². The van der Waals surface area contributed by atoms with Crippen molar-refractivity contribution in [2.45, 2.75) is 50.6 Å². The SMILES string of the molecule is COCCC1N=C2C(N)=CC=C3N(OCc4cccc(C#N)c4)C=CCC32N1CC(C)(C)O. The number of aliphatic imine (C=N–C) groups is 1. The van der Waals surface area contributed by atoms with Gasteiger partial charge in [0.1, 0.15) is 18.3 Å². The molecule has 2 atom stereocenters. The van der Waals surface area contributed by atoms with E-state index in [1.165, 1.54) is 0 Å². The monoisotopic (exact) mass is 449 g/mol. The fraction of sp³-hybridized carbons (Fsp3) is 0.440. The number of ether oxygens (including phenoxy) is 1. The second kappa shape index (κ2) is 9.12. The second-order valence-electron chi connectivity index (χ2n) is 9.21. The number of aliphatic hydroxyl groups is 1. The molecule has 2 aliphatic heterocycles. The lowest BCUT2D eigenvalue weighted by Crippen LogP contribution is -2.62. The number of rotatable bonds is 8. The molecule has 3 N–H and O–H groups in total. The maximum atomic E-state index is 10.8. The van der Waals surface area contributed by atoms with E-state index >= 15 is 0 Å². The molecule has 8 heteroatoms. The Balaban J connectivity index is 1.67. The third-order valence-corrected chi connectivity index (χ3v) is 6.09. The van der Waals surface area contributed by atoms with Gasteiger partial charge in [-0.15, -0.1) is 0 Å². The minimum Gasteiger partial charge on any atom is -0.397 e. The summed E-state index contributed by atoms with van der Waals surface area (Å²) in [6, 6.07) is 9.53. The first kappa shape index (κ1) is 23.2. The number of benzene rings is 1. The first-order valence-corrected chi connectivity index (χ1v) is 11.1. The van der Waals surface area contributed by atoms with Crippen molar-refractivity contribution in [1.29, 1.82) is 5.26 Å². The smallest absolute Gasteiger partial charge is 0.114 e. The van der Waals surface area contributed by atoms with Gasteiger partial charge in [0.2, 0.25) is 0 Å². The van der Waals surface area contributed by atoms with Crippen LogP contribution in [-0.4, -0.2) is 58.3 Å². The number of hydrogen-bond donors (Lipinski definition) is 2. The Morgan fingerprint density at radius 1 is 1.36 bits per heavy atom. The molecule has 1 aliphatic carbocycles. The highest BCUT2D eigenvalue weighted by atomic mass is 16.7. The van der Waals surface area contributed by atoms with Crippen LogP contribution in [0.15, 0.2) is 65.1 Å². The Labute approximate surface area is 194 Å². The van der Waals surface area contributed by atoms with Gasteiger partial charge in [0, 0.05) is 32.9 Å². The second-order valence-corrected chi connectivity index (χ2v) is 9.21. The number of hydroxylamine groups is 2. The summed E-state index contributed by atoms with van der Waals surface area (Å²) in [5, 5.41) is 21.7. The zero-order valence-corrected chi connectivity index (χ0v) is 19.4. The number of hydrogen-bond acceptors (Lipinski definition) is 8. The quantitative estimate of drug-likeness (QED) is 0.628. The Kier molecular flexibility index (Phi) is 6.41. The molecule has 2 heterocycles. The highest BCUT2D eigenvalue weighted by Crippen LogP contribution is 2.46. The van der Waals surface area contributed by atoms with E-state index in [1.807, 2.05) is 42.6 Å². The van der Waals surface area contributed by atoms with E-state index in [0.29, 0.717) is 43.9 Å². The van der Waals surface area contributed by atoms with Crippen molar-refractivity contribution in [1.82, 2.24) is 9.96 Å². The molecule has 0 radical (unpaired) electrons. The Hall–Kier alpha value is -2.96. The minimum atomic E-state index is -0.934. The largest absolute Gasteiger partial charge is 0.397 e. The summed E-state index contributed by atoms with van der Waals surface area (Å²) in [7, 11) is 1.67. The minimum absolute atomic E-state index is 0.180. The highest BCUT2D eigenvalue weighted by Gasteiger charge is 2.56. The van der Waals surface area contributed by atoms with Gasteiger partial charge in [-0.05, 0) is 50.1 Å². The van der Waals surface area contributed by atoms with E-state index in [0.717, 1.165) is 17.0 Å². The molecular weight excluding hydrogens is 418 g/mol. The van der Waals surface area contributed by atoms with Crippen molar-refractivity contribution in [3.63, 3.8) is 0 Å². The summed E-state index contributed by atoms with van der Waals surface area (Å²) in [6.45, 7) is 4.86. The van der Waals surface area contributed by atoms with Gasteiger partial charge in [0.15, 0.2) is 0 Å². The van der Waals surface area contributed by atoms with E-state index in [4.69, 9.17) is 20.3 Å². The lowest BCUT2D eigenvalue weighted by atomic mass is 9.78. The average molecular weight is 450 g/mol. The first-order valence-electron chi connectivity index (χ1n) is 11.1. The molecule has 3 aliphatic rings. The fourth-order valence-electron chi connectivity index (χ4n) is 4.74. The Morgan fingerprint density at radius 3 is 2.91 bits per heavy atom. The zero-order chi connectivity index (χ0) is 23.6. The molecule has 8 nitrogen and oxygen atoms in total. The fourth-order valence-corrected chi connectivity index (χ4v) is 4.74. The van der Waals surface area contributed by atoms with E-state index < -0.39 is 11.1 Å². The van der Waals surface area contributed by atoms with Crippen molar-refractivity contribution in [3.8, 4) is 6.07 Å². The van der Waals surface area contributed by atoms with Gasteiger partial charge in [-0.1, -0.05) is 18.2 Å². The van der Waals surface area contributed by atoms with Crippen LogP contribution in [0.3, 0.4) is 0 Å². The summed E-state index contributed by atoms with van der Waals surface area (Å²) in [6.07, 6.45) is 8.95. The van der Waals surface area contributed by atoms with Crippen molar-refractivity contribution in [3.05, 3.63) is 71.2 Å². The van der Waals surface area contributed by atoms with Crippen LogP contribution < -0.4 is 5.73 Å². The molecule has 0 bridgehead atoms. The summed E-state index contributed by atoms with van der Waals surface area (Å²) in [5.41, 5.74) is 8.68. The Bertz CT molecular complexity index is 1060. The summed E-state index contributed by atoms with van der Waals surface area (Å²) in [5.74, 6) is 0. The molecule has 33 heavy (non-hydrogen) atoms. The van der Waals surface area contributed by atoms with Crippen LogP contribution in [0.1, 0.15) is 37.8 Å². The maximum Gasteiger partial charge on any atom is 0.114 e. The van der Waals surface area contributed by atoms with Crippen LogP contribution >= 0.6 is 0 Å². The highest BCUT2D eigenvalue weighted by molar-refractivity contribution is 6.11. The first-order chi connectivity index (χ1) is 15.8. The topological polar surface area (TPSA) is 107 Å². The molecular formula is C25H31N5O3. The van der Waals surface area contributed by atoms with Gasteiger partial charge in [0.05, 0.1) is 34.3 Å². The van der Waals surface area contributed by atoms with Gasteiger partial charge in [-0.25, -0.2) is 5.06 Å².